The van der Waals surface area contributed by atoms with Gasteiger partial charge in [0.1, 0.15) is 162 Å². The smallest absolute Gasteiger partial charge is 0.260 e. The van der Waals surface area contributed by atoms with E-state index >= 15 is 52.7 Å². The van der Waals surface area contributed by atoms with Crippen LogP contribution in [0.1, 0.15) is 0 Å². The molecule has 24 heteroatoms. The minimum atomic E-state index is -1.21. The van der Waals surface area contributed by atoms with Gasteiger partial charge >= 0.3 is 0 Å². The maximum atomic E-state index is 16.5. The topological polar surface area (TPSA) is 65.1 Å². The molecule has 0 radical (unpaired) electrons. The van der Waals surface area contributed by atoms with Gasteiger partial charge in [-0.2, -0.15) is 0 Å². The normalized spacial score (nSPS) is 13.1. The summed E-state index contributed by atoms with van der Waals surface area (Å²) in [7, 11) is 0. The highest BCUT2D eigenvalue weighted by Crippen LogP contribution is 2.51. The van der Waals surface area contributed by atoms with Gasteiger partial charge in [0.15, 0.2) is 0 Å². The molecule has 0 N–H and O–H groups in total. The number of fused-ring (bicyclic) bond motifs is 12. The lowest BCUT2D eigenvalue weighted by atomic mass is 9.30. The van der Waals surface area contributed by atoms with Gasteiger partial charge in [-0.1, -0.05) is 72.8 Å². The third-order valence-corrected chi connectivity index (χ3v) is 19.2. The number of halogens is 12. The average molecular weight is 1370 g/mol. The van der Waals surface area contributed by atoms with Crippen LogP contribution in [-0.4, -0.2) is 20.1 Å². The van der Waals surface area contributed by atoms with E-state index in [1.807, 2.05) is 30.3 Å². The highest BCUT2D eigenvalue weighted by atomic mass is 19.2. The molecule has 0 amide bonds. The van der Waals surface area contributed by atoms with Gasteiger partial charge in [0.25, 0.3) is 20.1 Å². The molecule has 0 aliphatic carbocycles. The van der Waals surface area contributed by atoms with Crippen LogP contribution in [0.4, 0.5) is 104 Å². The summed E-state index contributed by atoms with van der Waals surface area (Å²) in [5.41, 5.74) is -0.373. The molecule has 492 valence electrons. The Morgan fingerprint density at radius 3 is 0.775 bits per heavy atom. The van der Waals surface area contributed by atoms with Crippen molar-refractivity contribution in [3.63, 3.8) is 0 Å². The zero-order chi connectivity index (χ0) is 69.4. The molecule has 0 aromatic heterocycles. The van der Waals surface area contributed by atoms with E-state index < -0.39 is 124 Å². The highest BCUT2D eigenvalue weighted by molar-refractivity contribution is 7.02. The molecular weight excluding hydrogens is 1340 g/mol. The number of rotatable bonds is 9. The van der Waals surface area contributed by atoms with Crippen molar-refractivity contribution in [1.29, 1.82) is 0 Å². The van der Waals surface area contributed by atoms with Gasteiger partial charge in [-0.05, 0) is 118 Å². The Hall–Kier alpha value is -12.6. The van der Waals surface area contributed by atoms with Gasteiger partial charge in [-0.25, -0.2) is 52.7 Å². The lowest BCUT2D eigenvalue weighted by molar-refractivity contribution is 0.448. The fourth-order valence-corrected chi connectivity index (χ4v) is 15.0. The lowest BCUT2D eigenvalue weighted by Gasteiger charge is -2.39. The molecule has 13 aromatic rings. The van der Waals surface area contributed by atoms with E-state index in [1.54, 1.807) is 42.5 Å². The maximum Gasteiger partial charge on any atom is 0.260 e. The molecule has 0 fully saturated rings. The van der Waals surface area contributed by atoms with Crippen molar-refractivity contribution in [3.8, 4) is 69.0 Å². The van der Waals surface area contributed by atoms with Crippen LogP contribution in [0.5, 0.6) is 69.0 Å². The zero-order valence-corrected chi connectivity index (χ0v) is 51.8. The van der Waals surface area contributed by atoms with Crippen molar-refractivity contribution >= 4 is 120 Å². The molecule has 6 aliphatic rings. The van der Waals surface area contributed by atoms with Crippen LogP contribution in [0.3, 0.4) is 0 Å². The van der Waals surface area contributed by atoms with E-state index in [1.165, 1.54) is 36.4 Å². The minimum Gasteiger partial charge on any atom is -0.458 e. The highest BCUT2D eigenvalue weighted by Gasteiger charge is 2.49. The molecule has 0 atom stereocenters. The summed E-state index contributed by atoms with van der Waals surface area (Å²) >= 11 is 0. The molecular formula is C78H36B3F12N3O6. The van der Waals surface area contributed by atoms with Crippen molar-refractivity contribution in [2.75, 3.05) is 14.7 Å². The molecule has 0 saturated carbocycles. The summed E-state index contributed by atoms with van der Waals surface area (Å²) in [6, 6.07) is 46.5. The number of benzene rings is 13. The summed E-state index contributed by atoms with van der Waals surface area (Å²) in [6.45, 7) is -2.49. The van der Waals surface area contributed by atoms with Crippen LogP contribution in [-0.2, 0) is 0 Å². The van der Waals surface area contributed by atoms with E-state index in [-0.39, 0.29) is 74.6 Å². The summed E-state index contributed by atoms with van der Waals surface area (Å²) in [5, 5.41) is 0. The van der Waals surface area contributed by atoms with Crippen LogP contribution in [0.15, 0.2) is 218 Å². The largest absolute Gasteiger partial charge is 0.458 e. The third kappa shape index (κ3) is 9.13. The van der Waals surface area contributed by atoms with E-state index in [4.69, 9.17) is 28.4 Å². The average Bonchev–Trinajstić information content (AvgIpc) is 0.705. The first-order valence-electron chi connectivity index (χ1n) is 31.7. The first-order chi connectivity index (χ1) is 49.5. The van der Waals surface area contributed by atoms with Crippen molar-refractivity contribution in [2.24, 2.45) is 0 Å². The van der Waals surface area contributed by atoms with Gasteiger partial charge in [-0.15, -0.1) is 0 Å². The SMILES string of the molecule is Fc1ccc(F)c(N(c2cc3c4c(c2)Oc2cc5c(cc2B4c2ccccc2O3)B2c3cc4c(cc3Oc3cc(N(c6c(F)cccc6F)c6c(F)cccc6F)cc(c32)O5)Oc2cc(N(c3c(F)cccc3F)c3c(F)cccc3F)cc3c2B4c2ccccc2O3)c2cc(F)ccc2F)c1. The van der Waals surface area contributed by atoms with Crippen LogP contribution >= 0.6 is 0 Å². The molecule has 0 bridgehead atoms. The maximum absolute atomic E-state index is 16.5. The number of para-hydroxylation sites is 6. The van der Waals surface area contributed by atoms with E-state index in [2.05, 4.69) is 0 Å². The summed E-state index contributed by atoms with van der Waals surface area (Å²) in [4.78, 5) is 2.49. The van der Waals surface area contributed by atoms with Crippen molar-refractivity contribution in [2.45, 2.75) is 0 Å². The van der Waals surface area contributed by atoms with Crippen molar-refractivity contribution < 1.29 is 81.1 Å². The summed E-state index contributed by atoms with van der Waals surface area (Å²) in [6.07, 6.45) is 0. The Balaban J connectivity index is 0.831. The molecule has 0 saturated heterocycles. The molecule has 9 nitrogen and oxygen atoms in total. The second-order valence-electron chi connectivity index (χ2n) is 24.9. The van der Waals surface area contributed by atoms with E-state index in [9.17, 15) is 0 Å². The fourth-order valence-electron chi connectivity index (χ4n) is 15.0. The van der Waals surface area contributed by atoms with Gasteiger partial charge < -0.3 is 33.3 Å². The second kappa shape index (κ2) is 22.5. The first kappa shape index (κ1) is 60.6. The van der Waals surface area contributed by atoms with Crippen LogP contribution < -0.4 is 92.3 Å². The predicted molar refractivity (Wildman–Crippen MR) is 363 cm³/mol. The van der Waals surface area contributed by atoms with Crippen LogP contribution in [0.2, 0.25) is 0 Å². The van der Waals surface area contributed by atoms with E-state index in [0.717, 1.165) is 124 Å². The summed E-state index contributed by atoms with van der Waals surface area (Å²) in [5.74, 6) is -11.7. The van der Waals surface area contributed by atoms with E-state index in [0.29, 0.717) is 60.7 Å². The molecule has 19 rings (SSSR count). The monoisotopic (exact) mass is 1370 g/mol. The Morgan fingerprint density at radius 1 is 0.206 bits per heavy atom. The number of anilines is 9. The lowest BCUT2D eigenvalue weighted by Crippen LogP contribution is -2.63. The predicted octanol–water partition coefficient (Wildman–Crippen LogP) is 15.9. The van der Waals surface area contributed by atoms with Gasteiger partial charge in [0, 0.05) is 77.1 Å². The van der Waals surface area contributed by atoms with Gasteiger partial charge in [0.05, 0.1) is 28.4 Å². The van der Waals surface area contributed by atoms with Crippen molar-refractivity contribution in [1.82, 2.24) is 0 Å². The minimum absolute atomic E-state index is 0.0288. The Morgan fingerprint density at radius 2 is 0.471 bits per heavy atom. The third-order valence-electron chi connectivity index (χ3n) is 19.2. The molecule has 6 heterocycles. The van der Waals surface area contributed by atoms with Crippen LogP contribution in [0, 0.1) is 69.8 Å². The van der Waals surface area contributed by atoms with Gasteiger partial charge in [0.2, 0.25) is 0 Å². The van der Waals surface area contributed by atoms with Crippen molar-refractivity contribution in [3.05, 3.63) is 288 Å². The quantitative estimate of drug-likeness (QED) is 0.104. The molecule has 102 heavy (non-hydrogen) atoms. The molecule has 13 aromatic carbocycles. The Labute approximate surface area is 570 Å². The first-order valence-corrected chi connectivity index (χ1v) is 31.7. The standard InChI is InChI=1S/C78H36B3F12N3O6/c82-37-21-23-48(84)58(25-37)94(59-26-38(83)22-24-49(59)85)39-27-66-72-68(28-39)99-62-35-64-46(33-44(62)79(72)42-9-1-3-19-60(42)97-66)81-47-34-45-63(36-65(47)102-71-32-41(31-70(101-64)74(71)81)96(77-54(90)15-7-16-55(77)91)78-56(92)17-8-18-57(78)93)100-69-30-40(29-67-73(69)80(45)43-10-2-4-20-61(43)98-67)95(75-50(86)11-5-12-51(75)87)76-52(88)13-6-14-53(76)89/h1-36H. The van der Waals surface area contributed by atoms with Gasteiger partial charge in [-0.3, -0.25) is 9.80 Å². The molecule has 0 spiro atoms. The molecule has 6 aliphatic heterocycles. The number of nitrogens with zero attached hydrogens (tertiary/aromatic N) is 3. The Kier molecular flexibility index (Phi) is 13.3. The number of hydrogen-bond donors (Lipinski definition) is 0. The Bertz CT molecular complexity index is 5660. The fraction of sp³-hybridized carbons (Fsp3) is 0. The van der Waals surface area contributed by atoms with Crippen LogP contribution in [0.25, 0.3) is 0 Å². The number of ether oxygens (including phenoxy) is 6. The molecule has 0 unspecified atom stereocenters. The summed E-state index contributed by atoms with van der Waals surface area (Å²) < 4.78 is 235. The number of hydrogen-bond acceptors (Lipinski definition) is 9. The second-order valence-corrected chi connectivity index (χ2v) is 24.9. The zero-order valence-electron chi connectivity index (χ0n) is 51.8.